The Labute approximate surface area is 80.6 Å². The molecule has 0 heterocycles. The van der Waals surface area contributed by atoms with Crippen molar-refractivity contribution < 1.29 is 4.59 Å². The lowest BCUT2D eigenvalue weighted by molar-refractivity contribution is -0.907. The van der Waals surface area contributed by atoms with Gasteiger partial charge in [-0.25, -0.2) is 0 Å². The molecule has 0 aromatic carbocycles. The van der Waals surface area contributed by atoms with Gasteiger partial charge in [-0.2, -0.15) is 5.84 Å². The Balaban J connectivity index is 2.77. The van der Waals surface area contributed by atoms with Crippen molar-refractivity contribution in [3.63, 3.8) is 0 Å². The van der Waals surface area contributed by atoms with Gasteiger partial charge in [0.25, 0.3) is 0 Å². The summed E-state index contributed by atoms with van der Waals surface area (Å²) in [4.78, 5) is 0. The Morgan fingerprint density at radius 2 is 2.23 bits per heavy atom. The quantitative estimate of drug-likeness (QED) is 0.303. The number of hydrogen-bond donors (Lipinski definition) is 1. The Morgan fingerprint density at radius 1 is 1.54 bits per heavy atom. The maximum Gasteiger partial charge on any atom is 0.109 e. The summed E-state index contributed by atoms with van der Waals surface area (Å²) in [5.74, 6) is 5.96. The van der Waals surface area contributed by atoms with Gasteiger partial charge in [-0.15, -0.1) is 6.58 Å². The molecule has 1 aliphatic rings. The minimum absolute atomic E-state index is 0.0486. The zero-order valence-electron chi connectivity index (χ0n) is 8.53. The third-order valence-corrected chi connectivity index (χ3v) is 2.28. The zero-order chi connectivity index (χ0) is 9.95. The Hall–Kier alpha value is -0.860. The summed E-state index contributed by atoms with van der Waals surface area (Å²) in [6, 6.07) is 0. The fraction of sp³-hybridized carbons (Fsp3) is 0.455. The van der Waals surface area contributed by atoms with Crippen LogP contribution in [0.4, 0.5) is 0 Å². The highest BCUT2D eigenvalue weighted by atomic mass is 15.5. The maximum atomic E-state index is 5.96. The van der Waals surface area contributed by atoms with E-state index >= 15 is 0 Å². The first-order valence-electron chi connectivity index (χ1n) is 4.57. The van der Waals surface area contributed by atoms with Gasteiger partial charge in [0.1, 0.15) is 6.54 Å². The second kappa shape index (κ2) is 3.48. The van der Waals surface area contributed by atoms with E-state index in [0.717, 1.165) is 13.0 Å². The van der Waals surface area contributed by atoms with Gasteiger partial charge < -0.3 is 0 Å². The molecule has 0 aromatic rings. The minimum atomic E-state index is 0.0486. The molecule has 0 spiro atoms. The molecule has 1 atom stereocenters. The van der Waals surface area contributed by atoms with E-state index in [-0.39, 0.29) is 5.41 Å². The third-order valence-electron chi connectivity index (χ3n) is 2.28. The SMILES string of the molecule is C=CC1(C[N+](C)(C)N)C=CC=CC1. The van der Waals surface area contributed by atoms with Gasteiger partial charge in [-0.05, 0) is 6.42 Å². The first kappa shape index (κ1) is 10.2. The highest BCUT2D eigenvalue weighted by Gasteiger charge is 2.30. The van der Waals surface area contributed by atoms with Gasteiger partial charge in [0.15, 0.2) is 0 Å². The van der Waals surface area contributed by atoms with Crippen LogP contribution in [0.5, 0.6) is 0 Å². The standard InChI is InChI=1S/C11H19N2/c1-4-11(10-13(2,3)12)8-6-5-7-9-11/h4-8H,1,9-10,12H2,2-3H3/q+1. The molecule has 2 N–H and O–H groups in total. The van der Waals surface area contributed by atoms with Crippen LogP contribution in [0.25, 0.3) is 0 Å². The molecule has 13 heavy (non-hydrogen) atoms. The third kappa shape index (κ3) is 2.83. The summed E-state index contributed by atoms with van der Waals surface area (Å²) in [5, 5.41) is 0. The van der Waals surface area contributed by atoms with E-state index in [9.17, 15) is 0 Å². The van der Waals surface area contributed by atoms with E-state index in [1.54, 1.807) is 0 Å². The molecule has 1 rings (SSSR count). The summed E-state index contributed by atoms with van der Waals surface area (Å²) in [5.41, 5.74) is 0.0486. The molecular weight excluding hydrogens is 160 g/mol. The highest BCUT2D eigenvalue weighted by Crippen LogP contribution is 2.30. The monoisotopic (exact) mass is 179 g/mol. The normalized spacial score (nSPS) is 27.6. The lowest BCUT2D eigenvalue weighted by Crippen LogP contribution is -2.52. The molecule has 2 heteroatoms. The van der Waals surface area contributed by atoms with E-state index in [1.165, 1.54) is 0 Å². The maximum absolute atomic E-state index is 5.96. The van der Waals surface area contributed by atoms with Crippen LogP contribution < -0.4 is 5.84 Å². The topological polar surface area (TPSA) is 26.0 Å². The van der Waals surface area contributed by atoms with Crippen molar-refractivity contribution in [1.29, 1.82) is 0 Å². The van der Waals surface area contributed by atoms with E-state index in [1.807, 2.05) is 20.2 Å². The van der Waals surface area contributed by atoms with Crippen molar-refractivity contribution in [2.75, 3.05) is 20.6 Å². The predicted octanol–water partition coefficient (Wildman–Crippen LogP) is 1.62. The van der Waals surface area contributed by atoms with Crippen LogP contribution in [-0.4, -0.2) is 25.2 Å². The molecule has 2 nitrogen and oxygen atoms in total. The average molecular weight is 179 g/mol. The molecule has 0 aliphatic heterocycles. The molecule has 0 aromatic heterocycles. The largest absolute Gasteiger partial charge is 0.252 e. The zero-order valence-corrected chi connectivity index (χ0v) is 8.53. The van der Waals surface area contributed by atoms with Crippen molar-refractivity contribution in [2.24, 2.45) is 11.3 Å². The molecule has 72 valence electrons. The number of quaternary nitrogens is 1. The van der Waals surface area contributed by atoms with Gasteiger partial charge in [-0.1, -0.05) is 30.4 Å². The van der Waals surface area contributed by atoms with Crippen molar-refractivity contribution in [3.8, 4) is 0 Å². The molecule has 1 unspecified atom stereocenters. The molecular formula is C11H19N2+. The summed E-state index contributed by atoms with van der Waals surface area (Å²) in [7, 11) is 3.99. The number of nitrogens with two attached hydrogens (primary N) is 1. The van der Waals surface area contributed by atoms with Crippen LogP contribution >= 0.6 is 0 Å². The molecule has 0 fully saturated rings. The highest BCUT2D eigenvalue weighted by molar-refractivity contribution is 5.21. The second-order valence-electron chi connectivity index (χ2n) is 4.37. The fourth-order valence-electron chi connectivity index (χ4n) is 1.77. The second-order valence-corrected chi connectivity index (χ2v) is 4.37. The van der Waals surface area contributed by atoms with Gasteiger partial charge >= 0.3 is 0 Å². The van der Waals surface area contributed by atoms with Gasteiger partial charge in [0.05, 0.1) is 19.5 Å². The van der Waals surface area contributed by atoms with Crippen LogP contribution in [0, 0.1) is 5.41 Å². The summed E-state index contributed by atoms with van der Waals surface area (Å²) in [6.07, 6.45) is 11.5. The number of nitrogens with zero attached hydrogens (tertiary/aromatic N) is 1. The smallest absolute Gasteiger partial charge is 0.109 e. The van der Waals surface area contributed by atoms with Crippen molar-refractivity contribution in [2.45, 2.75) is 6.42 Å². The minimum Gasteiger partial charge on any atom is -0.252 e. The Bertz CT molecular complexity index is 245. The number of allylic oxidation sites excluding steroid dienone is 3. The lowest BCUT2D eigenvalue weighted by atomic mass is 9.81. The molecule has 0 amide bonds. The van der Waals surface area contributed by atoms with Crippen molar-refractivity contribution in [1.82, 2.24) is 0 Å². The van der Waals surface area contributed by atoms with E-state index in [2.05, 4.69) is 30.9 Å². The van der Waals surface area contributed by atoms with Crippen LogP contribution in [0.3, 0.4) is 0 Å². The van der Waals surface area contributed by atoms with E-state index in [0.29, 0.717) is 4.59 Å². The lowest BCUT2D eigenvalue weighted by Gasteiger charge is -2.34. The van der Waals surface area contributed by atoms with Crippen molar-refractivity contribution in [3.05, 3.63) is 37.0 Å². The first-order chi connectivity index (χ1) is 5.97. The van der Waals surface area contributed by atoms with Crippen LogP contribution in [-0.2, 0) is 0 Å². The molecule has 1 aliphatic carbocycles. The predicted molar refractivity (Wildman–Crippen MR) is 56.7 cm³/mol. The van der Waals surface area contributed by atoms with Gasteiger partial charge in [0.2, 0.25) is 0 Å². The summed E-state index contributed by atoms with van der Waals surface area (Å²) >= 11 is 0. The molecule has 0 saturated carbocycles. The first-order valence-corrected chi connectivity index (χ1v) is 4.57. The van der Waals surface area contributed by atoms with E-state index < -0.39 is 0 Å². The van der Waals surface area contributed by atoms with Crippen LogP contribution in [0.1, 0.15) is 6.42 Å². The van der Waals surface area contributed by atoms with Crippen LogP contribution in [0.2, 0.25) is 0 Å². The molecule has 0 radical (unpaired) electrons. The van der Waals surface area contributed by atoms with Crippen LogP contribution in [0.15, 0.2) is 37.0 Å². The average Bonchev–Trinajstić information content (AvgIpc) is 2.03. The number of rotatable bonds is 3. The fourth-order valence-corrected chi connectivity index (χ4v) is 1.77. The van der Waals surface area contributed by atoms with E-state index in [4.69, 9.17) is 5.84 Å². The molecule has 0 saturated heterocycles. The Morgan fingerprint density at radius 3 is 2.62 bits per heavy atom. The molecule has 0 bridgehead atoms. The summed E-state index contributed by atoms with van der Waals surface area (Å²) < 4.78 is 0.476. The number of hydrogen-bond acceptors (Lipinski definition) is 1. The van der Waals surface area contributed by atoms with Crippen molar-refractivity contribution >= 4 is 0 Å². The summed E-state index contributed by atoms with van der Waals surface area (Å²) in [6.45, 7) is 4.78. The Kier molecular flexibility index (Phi) is 2.74. The van der Waals surface area contributed by atoms with Gasteiger partial charge in [-0.3, -0.25) is 4.59 Å². The van der Waals surface area contributed by atoms with Gasteiger partial charge in [0, 0.05) is 0 Å².